The SMILES string of the molecule is CCCCCCCCC(CN(O)CC(CCCCCCCC)O[Si](C)(C)C(C)(C)C)O[Si](C)(C)C(C)(C)C. The van der Waals surface area contributed by atoms with E-state index in [1.54, 1.807) is 5.06 Å². The number of hydrogen-bond acceptors (Lipinski definition) is 4. The number of hydrogen-bond donors (Lipinski definition) is 1. The molecule has 0 bridgehead atoms. The summed E-state index contributed by atoms with van der Waals surface area (Å²) in [5.41, 5.74) is 0. The Kier molecular flexibility index (Phi) is 18.8. The van der Waals surface area contributed by atoms with Crippen molar-refractivity contribution < 1.29 is 14.1 Å². The van der Waals surface area contributed by atoms with E-state index in [2.05, 4.69) is 81.6 Å². The van der Waals surface area contributed by atoms with Gasteiger partial charge < -0.3 is 14.1 Å². The quantitative estimate of drug-likeness (QED) is 0.0794. The maximum absolute atomic E-state index is 11.2. The zero-order valence-corrected chi connectivity index (χ0v) is 30.2. The van der Waals surface area contributed by atoms with Gasteiger partial charge in [0.05, 0.1) is 12.2 Å². The third-order valence-electron chi connectivity index (χ3n) is 9.12. The van der Waals surface area contributed by atoms with Crippen LogP contribution in [0.25, 0.3) is 0 Å². The van der Waals surface area contributed by atoms with Gasteiger partial charge in [0.25, 0.3) is 0 Å². The smallest absolute Gasteiger partial charge is 0.192 e. The first-order valence-electron chi connectivity index (χ1n) is 16.3. The minimum Gasteiger partial charge on any atom is -0.413 e. The Labute approximate surface area is 242 Å². The van der Waals surface area contributed by atoms with Crippen LogP contribution in [0.5, 0.6) is 0 Å². The molecule has 0 aromatic carbocycles. The average Bonchev–Trinajstić information content (AvgIpc) is 2.76. The van der Waals surface area contributed by atoms with Crippen molar-refractivity contribution in [2.45, 2.75) is 194 Å². The van der Waals surface area contributed by atoms with Gasteiger partial charge in [-0.1, -0.05) is 132 Å². The maximum atomic E-state index is 11.2. The number of nitrogens with zero attached hydrogens (tertiary/aromatic N) is 1. The second-order valence-electron chi connectivity index (χ2n) is 15.0. The van der Waals surface area contributed by atoms with Crippen LogP contribution >= 0.6 is 0 Å². The Bertz CT molecular complexity index is 534. The lowest BCUT2D eigenvalue weighted by atomic mass is 10.1. The molecule has 230 valence electrons. The zero-order chi connectivity index (χ0) is 29.5. The van der Waals surface area contributed by atoms with E-state index < -0.39 is 16.6 Å². The highest BCUT2D eigenvalue weighted by atomic mass is 28.4. The van der Waals surface area contributed by atoms with E-state index >= 15 is 0 Å². The van der Waals surface area contributed by atoms with E-state index in [0.29, 0.717) is 13.1 Å². The molecule has 0 aromatic rings. The second kappa shape index (κ2) is 18.7. The van der Waals surface area contributed by atoms with Crippen LogP contribution in [0.1, 0.15) is 145 Å². The Hall–Kier alpha value is 0.274. The summed E-state index contributed by atoms with van der Waals surface area (Å²) in [7, 11) is -3.84. The summed E-state index contributed by atoms with van der Waals surface area (Å²) in [4.78, 5) is 0. The van der Waals surface area contributed by atoms with E-state index in [-0.39, 0.29) is 22.3 Å². The summed E-state index contributed by atoms with van der Waals surface area (Å²) in [5, 5.41) is 13.1. The second-order valence-corrected chi connectivity index (χ2v) is 24.5. The van der Waals surface area contributed by atoms with Gasteiger partial charge in [0.1, 0.15) is 0 Å². The van der Waals surface area contributed by atoms with E-state index in [1.165, 1.54) is 77.0 Å². The summed E-state index contributed by atoms with van der Waals surface area (Å²) in [6.07, 6.45) is 17.6. The first kappa shape index (κ1) is 38.3. The molecule has 0 amide bonds. The van der Waals surface area contributed by atoms with E-state index in [9.17, 15) is 5.21 Å². The summed E-state index contributed by atoms with van der Waals surface area (Å²) >= 11 is 0. The molecule has 0 aliphatic rings. The molecule has 0 saturated carbocycles. The first-order chi connectivity index (χ1) is 17.5. The van der Waals surface area contributed by atoms with Crippen LogP contribution in [-0.4, -0.2) is 52.2 Å². The van der Waals surface area contributed by atoms with Crippen molar-refractivity contribution in [1.82, 2.24) is 5.06 Å². The number of unbranched alkanes of at least 4 members (excludes halogenated alkanes) is 10. The highest BCUT2D eigenvalue weighted by molar-refractivity contribution is 6.74. The standard InChI is InChI=1S/C32H71NO3Si2/c1-13-15-17-19-21-23-25-29(35-37(9,10)31(3,4)5)27-33(34)28-30(26-24-22-20-18-16-14-2)36-38(11,12)32(6,7)8/h29-30,34H,13-28H2,1-12H3. The third-order valence-corrected chi connectivity index (χ3v) is 18.2. The fourth-order valence-electron chi connectivity index (χ4n) is 4.41. The van der Waals surface area contributed by atoms with Gasteiger partial charge in [-0.15, -0.1) is 0 Å². The molecular formula is C32H71NO3Si2. The van der Waals surface area contributed by atoms with Crippen molar-refractivity contribution in [1.29, 1.82) is 0 Å². The molecule has 0 aromatic heterocycles. The molecule has 0 heterocycles. The van der Waals surface area contributed by atoms with E-state index in [0.717, 1.165) is 12.8 Å². The van der Waals surface area contributed by atoms with Crippen LogP contribution in [0.2, 0.25) is 36.3 Å². The monoisotopic (exact) mass is 573 g/mol. The van der Waals surface area contributed by atoms with Crippen molar-refractivity contribution in [3.8, 4) is 0 Å². The molecule has 4 nitrogen and oxygen atoms in total. The number of hydroxylamine groups is 2. The lowest BCUT2D eigenvalue weighted by molar-refractivity contribution is -0.130. The van der Waals surface area contributed by atoms with Crippen molar-refractivity contribution >= 4 is 16.6 Å². The highest BCUT2D eigenvalue weighted by Crippen LogP contribution is 2.39. The highest BCUT2D eigenvalue weighted by Gasteiger charge is 2.41. The largest absolute Gasteiger partial charge is 0.413 e. The van der Waals surface area contributed by atoms with Gasteiger partial charge in [-0.25, -0.2) is 0 Å². The molecule has 0 radical (unpaired) electrons. The molecule has 1 N–H and O–H groups in total. The lowest BCUT2D eigenvalue weighted by Crippen LogP contribution is -2.49. The molecule has 0 aliphatic heterocycles. The van der Waals surface area contributed by atoms with Crippen molar-refractivity contribution in [2.75, 3.05) is 13.1 Å². The summed E-state index contributed by atoms with van der Waals surface area (Å²) in [5.74, 6) is 0. The predicted molar refractivity (Wildman–Crippen MR) is 173 cm³/mol. The van der Waals surface area contributed by atoms with Crippen LogP contribution in [0.15, 0.2) is 0 Å². The molecule has 0 spiro atoms. The average molecular weight is 574 g/mol. The predicted octanol–water partition coefficient (Wildman–Crippen LogP) is 11.0. The Morgan fingerprint density at radius 1 is 0.553 bits per heavy atom. The van der Waals surface area contributed by atoms with Gasteiger partial charge >= 0.3 is 0 Å². The van der Waals surface area contributed by atoms with E-state index in [1.807, 2.05) is 0 Å². The normalized spacial score (nSPS) is 15.3. The molecule has 38 heavy (non-hydrogen) atoms. The Morgan fingerprint density at radius 2 is 0.842 bits per heavy atom. The minimum absolute atomic E-state index is 0.0784. The lowest BCUT2D eigenvalue weighted by Gasteiger charge is -2.41. The molecule has 2 unspecified atom stereocenters. The van der Waals surface area contributed by atoms with Gasteiger partial charge in [-0.05, 0) is 49.1 Å². The molecule has 0 fully saturated rings. The molecule has 0 saturated heterocycles. The van der Waals surface area contributed by atoms with Gasteiger partial charge in [0, 0.05) is 13.1 Å². The first-order valence-corrected chi connectivity index (χ1v) is 22.1. The van der Waals surface area contributed by atoms with Crippen LogP contribution in [0, 0.1) is 0 Å². The zero-order valence-electron chi connectivity index (χ0n) is 28.2. The van der Waals surface area contributed by atoms with Gasteiger partial charge in [0.15, 0.2) is 16.6 Å². The van der Waals surface area contributed by atoms with Crippen LogP contribution in [-0.2, 0) is 8.85 Å². The van der Waals surface area contributed by atoms with Crippen molar-refractivity contribution in [3.63, 3.8) is 0 Å². The summed E-state index contributed by atoms with van der Waals surface area (Å²) in [6.45, 7) is 28.9. The molecule has 0 aliphatic carbocycles. The minimum atomic E-state index is -1.92. The van der Waals surface area contributed by atoms with E-state index in [4.69, 9.17) is 8.85 Å². The molecule has 0 rings (SSSR count). The maximum Gasteiger partial charge on any atom is 0.192 e. The summed E-state index contributed by atoms with van der Waals surface area (Å²) in [6, 6.07) is 0. The summed E-state index contributed by atoms with van der Waals surface area (Å²) < 4.78 is 13.8. The van der Waals surface area contributed by atoms with Crippen LogP contribution in [0.4, 0.5) is 0 Å². The van der Waals surface area contributed by atoms with Crippen LogP contribution < -0.4 is 0 Å². The topological polar surface area (TPSA) is 41.9 Å². The fraction of sp³-hybridized carbons (Fsp3) is 1.00. The van der Waals surface area contributed by atoms with Crippen LogP contribution in [0.3, 0.4) is 0 Å². The fourth-order valence-corrected chi connectivity index (χ4v) is 7.17. The van der Waals surface area contributed by atoms with Crippen molar-refractivity contribution in [2.24, 2.45) is 0 Å². The molecular weight excluding hydrogens is 503 g/mol. The Morgan fingerprint density at radius 3 is 1.13 bits per heavy atom. The van der Waals surface area contributed by atoms with Gasteiger partial charge in [-0.3, -0.25) is 0 Å². The molecule has 2 atom stereocenters. The van der Waals surface area contributed by atoms with Gasteiger partial charge in [0.2, 0.25) is 0 Å². The molecule has 6 heteroatoms. The number of rotatable bonds is 22. The Balaban J connectivity index is 5.30. The van der Waals surface area contributed by atoms with Gasteiger partial charge in [-0.2, -0.15) is 5.06 Å². The van der Waals surface area contributed by atoms with Crippen molar-refractivity contribution in [3.05, 3.63) is 0 Å². The third kappa shape index (κ3) is 16.5.